The summed E-state index contributed by atoms with van der Waals surface area (Å²) < 4.78 is 12.8. The van der Waals surface area contributed by atoms with Gasteiger partial charge in [0, 0.05) is 35.4 Å². The molecule has 0 aliphatic carbocycles. The topological polar surface area (TPSA) is 52.5 Å². The number of methoxy groups -OCH3 is 2. The van der Waals surface area contributed by atoms with Crippen molar-refractivity contribution < 1.29 is 14.3 Å². The molecular weight excluding hydrogens is 376 g/mol. The van der Waals surface area contributed by atoms with Gasteiger partial charge in [0.1, 0.15) is 0 Å². The molecule has 4 rings (SSSR count). The number of carbonyl (C=O) groups is 1. The van der Waals surface area contributed by atoms with Gasteiger partial charge >= 0.3 is 0 Å². The molecule has 1 amide bonds. The fraction of sp³-hybridized carbons (Fsp3) is 0.160. The monoisotopic (exact) mass is 400 g/mol. The van der Waals surface area contributed by atoms with Gasteiger partial charge in [0.25, 0.3) is 5.91 Å². The number of benzene rings is 3. The third-order valence-electron chi connectivity index (χ3n) is 5.21. The van der Waals surface area contributed by atoms with Crippen LogP contribution in [0.5, 0.6) is 11.5 Å². The lowest BCUT2D eigenvalue weighted by atomic mass is 10.1. The first-order valence-electron chi connectivity index (χ1n) is 9.76. The van der Waals surface area contributed by atoms with Crippen LogP contribution in [-0.4, -0.2) is 24.7 Å². The number of para-hydroxylation sites is 1. The lowest BCUT2D eigenvalue weighted by molar-refractivity contribution is 0.102. The molecule has 1 N–H and O–H groups in total. The van der Waals surface area contributed by atoms with Gasteiger partial charge in [-0.3, -0.25) is 4.79 Å². The first-order chi connectivity index (χ1) is 14.6. The Morgan fingerprint density at radius 2 is 1.60 bits per heavy atom. The Bertz CT molecular complexity index is 1200. The third-order valence-corrected chi connectivity index (χ3v) is 5.21. The maximum atomic E-state index is 13.2. The molecule has 0 radical (unpaired) electrons. The van der Waals surface area contributed by atoms with E-state index in [-0.39, 0.29) is 5.91 Å². The van der Waals surface area contributed by atoms with E-state index in [4.69, 9.17) is 9.47 Å². The Morgan fingerprint density at radius 1 is 0.933 bits per heavy atom. The predicted octanol–water partition coefficient (Wildman–Crippen LogP) is 5.27. The number of rotatable bonds is 6. The molecule has 0 spiro atoms. The SMILES string of the molecule is COc1cc(C)c(NC(=O)c2cn(Cc3ccccc3)c3ccccc23)cc1OC. The maximum Gasteiger partial charge on any atom is 0.257 e. The molecule has 0 bridgehead atoms. The first-order valence-corrected chi connectivity index (χ1v) is 9.76. The summed E-state index contributed by atoms with van der Waals surface area (Å²) in [6, 6.07) is 21.8. The van der Waals surface area contributed by atoms with Crippen molar-refractivity contribution in [3.63, 3.8) is 0 Å². The second-order valence-corrected chi connectivity index (χ2v) is 7.15. The van der Waals surface area contributed by atoms with Crippen LogP contribution in [0.3, 0.4) is 0 Å². The van der Waals surface area contributed by atoms with Gasteiger partial charge in [-0.05, 0) is 30.2 Å². The van der Waals surface area contributed by atoms with Crippen molar-refractivity contribution in [1.29, 1.82) is 0 Å². The predicted molar refractivity (Wildman–Crippen MR) is 120 cm³/mol. The quantitative estimate of drug-likeness (QED) is 0.480. The number of anilines is 1. The summed E-state index contributed by atoms with van der Waals surface area (Å²) in [4.78, 5) is 13.2. The Balaban J connectivity index is 1.69. The van der Waals surface area contributed by atoms with E-state index in [2.05, 4.69) is 22.0 Å². The van der Waals surface area contributed by atoms with E-state index < -0.39 is 0 Å². The van der Waals surface area contributed by atoms with E-state index in [1.807, 2.05) is 61.7 Å². The van der Waals surface area contributed by atoms with Crippen LogP contribution in [0, 0.1) is 6.92 Å². The number of aryl methyl sites for hydroxylation is 1. The molecule has 0 aliphatic rings. The zero-order valence-corrected chi connectivity index (χ0v) is 17.3. The molecule has 5 heteroatoms. The van der Waals surface area contributed by atoms with Gasteiger partial charge in [-0.25, -0.2) is 0 Å². The number of carbonyl (C=O) groups excluding carboxylic acids is 1. The van der Waals surface area contributed by atoms with Crippen molar-refractivity contribution in [2.45, 2.75) is 13.5 Å². The lowest BCUT2D eigenvalue weighted by Gasteiger charge is -2.13. The zero-order valence-electron chi connectivity index (χ0n) is 17.3. The summed E-state index contributed by atoms with van der Waals surface area (Å²) in [7, 11) is 3.17. The molecule has 152 valence electrons. The van der Waals surface area contributed by atoms with E-state index in [0.29, 0.717) is 29.3 Å². The number of hydrogen-bond donors (Lipinski definition) is 1. The molecule has 1 aromatic heterocycles. The number of nitrogens with zero attached hydrogens (tertiary/aromatic N) is 1. The van der Waals surface area contributed by atoms with E-state index in [1.54, 1.807) is 20.3 Å². The smallest absolute Gasteiger partial charge is 0.257 e. The van der Waals surface area contributed by atoms with Crippen molar-refractivity contribution in [2.75, 3.05) is 19.5 Å². The van der Waals surface area contributed by atoms with Crippen molar-refractivity contribution in [1.82, 2.24) is 4.57 Å². The molecule has 5 nitrogen and oxygen atoms in total. The van der Waals surface area contributed by atoms with Crippen molar-refractivity contribution in [3.8, 4) is 11.5 Å². The van der Waals surface area contributed by atoms with Crippen LogP contribution >= 0.6 is 0 Å². The molecule has 0 saturated carbocycles. The second kappa shape index (κ2) is 8.33. The Morgan fingerprint density at radius 3 is 2.33 bits per heavy atom. The van der Waals surface area contributed by atoms with Crippen molar-refractivity contribution in [2.24, 2.45) is 0 Å². The zero-order chi connectivity index (χ0) is 21.1. The van der Waals surface area contributed by atoms with Gasteiger partial charge in [0.2, 0.25) is 0 Å². The van der Waals surface area contributed by atoms with Gasteiger partial charge in [-0.1, -0.05) is 48.5 Å². The van der Waals surface area contributed by atoms with Gasteiger partial charge in [0.05, 0.1) is 19.8 Å². The summed E-state index contributed by atoms with van der Waals surface area (Å²) in [5.74, 6) is 1.05. The second-order valence-electron chi connectivity index (χ2n) is 7.15. The first kappa shape index (κ1) is 19.6. The molecule has 3 aromatic carbocycles. The summed E-state index contributed by atoms with van der Waals surface area (Å²) in [6.45, 7) is 2.63. The van der Waals surface area contributed by atoms with Crippen LogP contribution in [0.4, 0.5) is 5.69 Å². The third kappa shape index (κ3) is 3.74. The lowest BCUT2D eigenvalue weighted by Crippen LogP contribution is -2.13. The minimum absolute atomic E-state index is 0.159. The van der Waals surface area contributed by atoms with Crippen molar-refractivity contribution in [3.05, 3.63) is 89.6 Å². The van der Waals surface area contributed by atoms with Crippen LogP contribution in [-0.2, 0) is 6.54 Å². The molecule has 0 saturated heterocycles. The molecule has 4 aromatic rings. The standard InChI is InChI=1S/C25H24N2O3/c1-17-13-23(29-2)24(30-3)14-21(17)26-25(28)20-16-27(15-18-9-5-4-6-10-18)22-12-8-7-11-19(20)22/h4-14,16H,15H2,1-3H3,(H,26,28). The fourth-order valence-electron chi connectivity index (χ4n) is 3.64. The molecule has 0 fully saturated rings. The minimum atomic E-state index is -0.159. The molecule has 0 atom stereocenters. The molecule has 0 unspecified atom stereocenters. The van der Waals surface area contributed by atoms with Gasteiger partial charge in [-0.15, -0.1) is 0 Å². The molecule has 0 aliphatic heterocycles. The highest BCUT2D eigenvalue weighted by atomic mass is 16.5. The number of fused-ring (bicyclic) bond motifs is 1. The molecule has 30 heavy (non-hydrogen) atoms. The highest BCUT2D eigenvalue weighted by molar-refractivity contribution is 6.13. The number of nitrogens with one attached hydrogen (secondary N) is 1. The fourth-order valence-corrected chi connectivity index (χ4v) is 3.64. The minimum Gasteiger partial charge on any atom is -0.493 e. The van der Waals surface area contributed by atoms with Crippen LogP contribution in [0.25, 0.3) is 10.9 Å². The van der Waals surface area contributed by atoms with Crippen LogP contribution in [0.15, 0.2) is 72.9 Å². The molecule has 1 heterocycles. The summed E-state index contributed by atoms with van der Waals surface area (Å²) in [5, 5.41) is 3.95. The highest BCUT2D eigenvalue weighted by Crippen LogP contribution is 2.33. The largest absolute Gasteiger partial charge is 0.493 e. The number of aromatic nitrogens is 1. The van der Waals surface area contributed by atoms with Gasteiger partial charge < -0.3 is 19.4 Å². The summed E-state index contributed by atoms with van der Waals surface area (Å²) >= 11 is 0. The summed E-state index contributed by atoms with van der Waals surface area (Å²) in [5.41, 5.74) is 4.43. The number of amides is 1. The highest BCUT2D eigenvalue weighted by Gasteiger charge is 2.17. The average molecular weight is 400 g/mol. The Kier molecular flexibility index (Phi) is 5.44. The van der Waals surface area contributed by atoms with Crippen LogP contribution < -0.4 is 14.8 Å². The number of ether oxygens (including phenoxy) is 2. The normalized spacial score (nSPS) is 10.8. The van der Waals surface area contributed by atoms with E-state index >= 15 is 0 Å². The average Bonchev–Trinajstić information content (AvgIpc) is 3.14. The Labute approximate surface area is 175 Å². The van der Waals surface area contributed by atoms with Crippen molar-refractivity contribution >= 4 is 22.5 Å². The number of hydrogen-bond acceptors (Lipinski definition) is 3. The van der Waals surface area contributed by atoms with E-state index in [1.165, 1.54) is 5.56 Å². The summed E-state index contributed by atoms with van der Waals surface area (Å²) in [6.07, 6.45) is 1.92. The van der Waals surface area contributed by atoms with E-state index in [0.717, 1.165) is 16.5 Å². The van der Waals surface area contributed by atoms with Gasteiger partial charge in [0.15, 0.2) is 11.5 Å². The van der Waals surface area contributed by atoms with E-state index in [9.17, 15) is 4.79 Å². The van der Waals surface area contributed by atoms with Crippen LogP contribution in [0.2, 0.25) is 0 Å². The van der Waals surface area contributed by atoms with Gasteiger partial charge in [-0.2, -0.15) is 0 Å². The maximum absolute atomic E-state index is 13.2. The molecular formula is C25H24N2O3. The van der Waals surface area contributed by atoms with Crippen LogP contribution in [0.1, 0.15) is 21.5 Å². The Hall–Kier alpha value is -3.73.